The van der Waals surface area contributed by atoms with Crippen LogP contribution in [-0.2, 0) is 4.79 Å². The molecule has 112 valence electrons. The van der Waals surface area contributed by atoms with E-state index in [9.17, 15) is 9.90 Å². The van der Waals surface area contributed by atoms with Gasteiger partial charge in [-0.2, -0.15) is 11.8 Å². The zero-order valence-corrected chi connectivity index (χ0v) is 13.3. The van der Waals surface area contributed by atoms with Gasteiger partial charge in [0, 0.05) is 51.0 Å². The highest BCUT2D eigenvalue weighted by atomic mass is 32.2. The Hall–Kier alpha value is -0.260. The molecule has 1 heterocycles. The van der Waals surface area contributed by atoms with Gasteiger partial charge in [0.2, 0.25) is 5.91 Å². The van der Waals surface area contributed by atoms with Crippen molar-refractivity contribution in [3.63, 3.8) is 0 Å². The molecule has 0 aliphatic carbocycles. The van der Waals surface area contributed by atoms with E-state index in [-0.39, 0.29) is 12.5 Å². The Morgan fingerprint density at radius 1 is 1.42 bits per heavy atom. The highest BCUT2D eigenvalue weighted by Gasteiger charge is 2.28. The first-order valence-electron chi connectivity index (χ1n) is 7.20. The molecule has 0 aromatic rings. The number of carbonyl (C=O) groups is 1. The zero-order valence-electron chi connectivity index (χ0n) is 12.5. The lowest BCUT2D eigenvalue weighted by atomic mass is 10.1. The topological polar surface area (TPSA) is 43.8 Å². The van der Waals surface area contributed by atoms with Crippen molar-refractivity contribution in [3.05, 3.63) is 0 Å². The molecule has 1 aliphatic heterocycles. The van der Waals surface area contributed by atoms with Gasteiger partial charge < -0.3 is 10.0 Å². The summed E-state index contributed by atoms with van der Waals surface area (Å²) in [6.07, 6.45) is 3.43. The van der Waals surface area contributed by atoms with E-state index in [2.05, 4.69) is 18.7 Å². The van der Waals surface area contributed by atoms with Crippen LogP contribution in [0.3, 0.4) is 0 Å². The first kappa shape index (κ1) is 16.8. The normalized spacial score (nSPS) is 21.1. The van der Waals surface area contributed by atoms with Gasteiger partial charge in [-0.05, 0) is 18.6 Å². The average Bonchev–Trinajstić information content (AvgIpc) is 2.37. The Kier molecular flexibility index (Phi) is 7.80. The van der Waals surface area contributed by atoms with E-state index in [4.69, 9.17) is 0 Å². The highest BCUT2D eigenvalue weighted by molar-refractivity contribution is 7.98. The molecule has 19 heavy (non-hydrogen) atoms. The molecule has 1 rings (SSSR count). The van der Waals surface area contributed by atoms with Crippen LogP contribution in [0.15, 0.2) is 0 Å². The van der Waals surface area contributed by atoms with E-state index in [1.165, 1.54) is 0 Å². The maximum atomic E-state index is 12.1. The smallest absolute Gasteiger partial charge is 0.223 e. The maximum Gasteiger partial charge on any atom is 0.223 e. The number of piperazine rings is 1. The Balaban J connectivity index is 2.52. The molecule has 1 amide bonds. The van der Waals surface area contributed by atoms with Crippen LogP contribution in [0.5, 0.6) is 0 Å². The molecule has 0 bridgehead atoms. The minimum Gasteiger partial charge on any atom is -0.396 e. The van der Waals surface area contributed by atoms with Gasteiger partial charge in [-0.1, -0.05) is 13.8 Å². The van der Waals surface area contributed by atoms with Crippen molar-refractivity contribution in [2.24, 2.45) is 5.92 Å². The van der Waals surface area contributed by atoms with Gasteiger partial charge in [0.15, 0.2) is 0 Å². The summed E-state index contributed by atoms with van der Waals surface area (Å²) in [5.41, 5.74) is 0. The molecular weight excluding hydrogens is 260 g/mol. The minimum atomic E-state index is 0.201. The summed E-state index contributed by atoms with van der Waals surface area (Å²) in [7, 11) is 0. The molecule has 1 N–H and O–H groups in total. The Morgan fingerprint density at radius 2 is 2.16 bits per heavy atom. The molecule has 1 aliphatic rings. The summed E-state index contributed by atoms with van der Waals surface area (Å²) >= 11 is 1.72. The quantitative estimate of drug-likeness (QED) is 0.767. The first-order valence-corrected chi connectivity index (χ1v) is 8.59. The van der Waals surface area contributed by atoms with E-state index in [0.717, 1.165) is 38.4 Å². The number of thioether (sulfide) groups is 1. The standard InChI is InChI=1S/C14H28N2O2S/c1-12(2)10-15-6-7-16(11-13(15)4-8-17)14(18)5-9-19-3/h12-13,17H,4-11H2,1-3H3. The summed E-state index contributed by atoms with van der Waals surface area (Å²) in [5, 5.41) is 9.20. The predicted molar refractivity (Wildman–Crippen MR) is 81.5 cm³/mol. The third-order valence-electron chi connectivity index (χ3n) is 3.54. The molecular formula is C14H28N2O2S. The third kappa shape index (κ3) is 5.71. The van der Waals surface area contributed by atoms with Gasteiger partial charge in [-0.25, -0.2) is 0 Å². The minimum absolute atomic E-state index is 0.201. The van der Waals surface area contributed by atoms with Crippen LogP contribution in [-0.4, -0.2) is 71.6 Å². The lowest BCUT2D eigenvalue weighted by Crippen LogP contribution is -2.55. The Bertz CT molecular complexity index is 274. The molecule has 1 saturated heterocycles. The van der Waals surface area contributed by atoms with E-state index in [1.807, 2.05) is 11.2 Å². The largest absolute Gasteiger partial charge is 0.396 e. The second kappa shape index (κ2) is 8.82. The Labute approximate surface area is 121 Å². The van der Waals surface area contributed by atoms with Gasteiger partial charge >= 0.3 is 0 Å². The van der Waals surface area contributed by atoms with Gasteiger partial charge in [0.05, 0.1) is 0 Å². The molecule has 1 atom stereocenters. The molecule has 0 saturated carbocycles. The number of nitrogens with zero attached hydrogens (tertiary/aromatic N) is 2. The van der Waals surface area contributed by atoms with E-state index >= 15 is 0 Å². The molecule has 0 radical (unpaired) electrons. The number of hydrogen-bond donors (Lipinski definition) is 1. The predicted octanol–water partition coefficient (Wildman–Crippen LogP) is 1.29. The van der Waals surface area contributed by atoms with Crippen LogP contribution in [0.25, 0.3) is 0 Å². The van der Waals surface area contributed by atoms with Gasteiger partial charge in [0.1, 0.15) is 0 Å². The summed E-state index contributed by atoms with van der Waals surface area (Å²) in [6, 6.07) is 0.319. The van der Waals surface area contributed by atoms with Crippen LogP contribution in [0.1, 0.15) is 26.7 Å². The lowest BCUT2D eigenvalue weighted by molar-refractivity contribution is -0.134. The number of hydrogen-bond acceptors (Lipinski definition) is 4. The van der Waals surface area contributed by atoms with Crippen LogP contribution < -0.4 is 0 Å². The summed E-state index contributed by atoms with van der Waals surface area (Å²) in [4.78, 5) is 16.5. The van der Waals surface area contributed by atoms with Crippen molar-refractivity contribution >= 4 is 17.7 Å². The molecule has 0 aromatic carbocycles. The van der Waals surface area contributed by atoms with Gasteiger partial charge in [-0.15, -0.1) is 0 Å². The molecule has 1 unspecified atom stereocenters. The molecule has 1 fully saturated rings. The van der Waals surface area contributed by atoms with Gasteiger partial charge in [0.25, 0.3) is 0 Å². The third-order valence-corrected chi connectivity index (χ3v) is 4.15. The second-order valence-corrected chi connectivity index (χ2v) is 6.62. The van der Waals surface area contributed by atoms with Crippen LogP contribution in [0.4, 0.5) is 0 Å². The average molecular weight is 288 g/mol. The zero-order chi connectivity index (χ0) is 14.3. The van der Waals surface area contributed by atoms with Crippen LogP contribution >= 0.6 is 11.8 Å². The number of rotatable bonds is 7. The lowest BCUT2D eigenvalue weighted by Gasteiger charge is -2.42. The molecule has 4 nitrogen and oxygen atoms in total. The second-order valence-electron chi connectivity index (χ2n) is 5.64. The van der Waals surface area contributed by atoms with Crippen LogP contribution in [0.2, 0.25) is 0 Å². The van der Waals surface area contributed by atoms with E-state index < -0.39 is 0 Å². The molecule has 0 aromatic heterocycles. The Morgan fingerprint density at radius 3 is 2.74 bits per heavy atom. The van der Waals surface area contributed by atoms with Crippen molar-refractivity contribution in [1.29, 1.82) is 0 Å². The number of aliphatic hydroxyl groups excluding tert-OH is 1. The fourth-order valence-corrected chi connectivity index (χ4v) is 2.98. The van der Waals surface area contributed by atoms with E-state index in [1.54, 1.807) is 11.8 Å². The summed E-state index contributed by atoms with van der Waals surface area (Å²) in [5.74, 6) is 1.79. The summed E-state index contributed by atoms with van der Waals surface area (Å²) < 4.78 is 0. The number of aliphatic hydroxyl groups is 1. The van der Waals surface area contributed by atoms with Crippen LogP contribution in [0, 0.1) is 5.92 Å². The molecule has 5 heteroatoms. The highest BCUT2D eigenvalue weighted by Crippen LogP contribution is 2.16. The maximum absolute atomic E-state index is 12.1. The monoisotopic (exact) mass is 288 g/mol. The van der Waals surface area contributed by atoms with Crippen molar-refractivity contribution in [1.82, 2.24) is 9.80 Å². The first-order chi connectivity index (χ1) is 9.08. The fourth-order valence-electron chi connectivity index (χ4n) is 2.60. The summed E-state index contributed by atoms with van der Waals surface area (Å²) in [6.45, 7) is 8.23. The van der Waals surface area contributed by atoms with Gasteiger partial charge in [-0.3, -0.25) is 9.69 Å². The SMILES string of the molecule is CSCCC(=O)N1CCN(CC(C)C)C(CCO)C1. The van der Waals surface area contributed by atoms with Crippen molar-refractivity contribution < 1.29 is 9.90 Å². The number of amides is 1. The molecule has 0 spiro atoms. The number of carbonyl (C=O) groups excluding carboxylic acids is 1. The van der Waals surface area contributed by atoms with Crippen molar-refractivity contribution in [2.75, 3.05) is 44.8 Å². The van der Waals surface area contributed by atoms with E-state index in [0.29, 0.717) is 18.4 Å². The fraction of sp³-hybridized carbons (Fsp3) is 0.929. The van der Waals surface area contributed by atoms with Crippen molar-refractivity contribution in [2.45, 2.75) is 32.7 Å². The van der Waals surface area contributed by atoms with Crippen molar-refractivity contribution in [3.8, 4) is 0 Å².